The molecule has 2 heterocycles. The third kappa shape index (κ3) is 4.45. The standard InChI is InChI=1S/C21H29N5O/c1-14(2)17-8-6-7-15(3)20(17)24-21(27)18-13-19(23-16(4)22-18)26-11-9-25(5)10-12-26/h6-8,13-14H,9-12H2,1-5H3,(H,24,27). The number of aryl methyl sites for hydroxylation is 2. The fourth-order valence-corrected chi connectivity index (χ4v) is 3.39. The molecule has 1 aromatic heterocycles. The predicted octanol–water partition coefficient (Wildman–Crippen LogP) is 3.22. The highest BCUT2D eigenvalue weighted by Crippen LogP contribution is 2.28. The molecule has 1 N–H and O–H groups in total. The molecule has 6 heteroatoms. The van der Waals surface area contributed by atoms with Gasteiger partial charge >= 0.3 is 0 Å². The van der Waals surface area contributed by atoms with Gasteiger partial charge in [0.1, 0.15) is 17.3 Å². The summed E-state index contributed by atoms with van der Waals surface area (Å²) < 4.78 is 0. The Kier molecular flexibility index (Phi) is 5.75. The molecule has 27 heavy (non-hydrogen) atoms. The Morgan fingerprint density at radius 1 is 1.11 bits per heavy atom. The molecular formula is C21H29N5O. The molecule has 1 amide bonds. The first-order chi connectivity index (χ1) is 12.8. The van der Waals surface area contributed by atoms with E-state index in [1.165, 1.54) is 0 Å². The van der Waals surface area contributed by atoms with Crippen molar-refractivity contribution in [3.8, 4) is 0 Å². The number of nitrogens with zero attached hydrogens (tertiary/aromatic N) is 4. The van der Waals surface area contributed by atoms with Crippen molar-refractivity contribution in [2.45, 2.75) is 33.6 Å². The number of carbonyl (C=O) groups is 1. The molecular weight excluding hydrogens is 338 g/mol. The SMILES string of the molecule is Cc1nc(C(=O)Nc2c(C)cccc2C(C)C)cc(N2CCN(C)CC2)n1. The van der Waals surface area contributed by atoms with E-state index in [2.05, 4.69) is 52.0 Å². The second-order valence-electron chi connectivity index (χ2n) is 7.60. The Morgan fingerprint density at radius 2 is 1.81 bits per heavy atom. The number of anilines is 2. The van der Waals surface area contributed by atoms with E-state index in [4.69, 9.17) is 0 Å². The molecule has 2 aromatic rings. The Bertz CT molecular complexity index is 825. The van der Waals surface area contributed by atoms with Gasteiger partial charge in [0.15, 0.2) is 0 Å². The van der Waals surface area contributed by atoms with Gasteiger partial charge in [-0.05, 0) is 37.9 Å². The lowest BCUT2D eigenvalue weighted by molar-refractivity contribution is 0.102. The van der Waals surface area contributed by atoms with Crippen molar-refractivity contribution in [2.24, 2.45) is 0 Å². The molecule has 144 valence electrons. The van der Waals surface area contributed by atoms with Crippen LogP contribution in [0.5, 0.6) is 0 Å². The maximum Gasteiger partial charge on any atom is 0.274 e. The Labute approximate surface area is 161 Å². The van der Waals surface area contributed by atoms with Gasteiger partial charge in [-0.1, -0.05) is 32.0 Å². The summed E-state index contributed by atoms with van der Waals surface area (Å²) in [5.41, 5.74) is 3.48. The number of hydrogen-bond acceptors (Lipinski definition) is 5. The fourth-order valence-electron chi connectivity index (χ4n) is 3.39. The van der Waals surface area contributed by atoms with Crippen LogP contribution in [0.3, 0.4) is 0 Å². The highest BCUT2D eigenvalue weighted by molar-refractivity contribution is 6.04. The van der Waals surface area contributed by atoms with Crippen molar-refractivity contribution in [2.75, 3.05) is 43.4 Å². The van der Waals surface area contributed by atoms with Gasteiger partial charge < -0.3 is 15.1 Å². The number of likely N-dealkylation sites (N-methyl/N-ethyl adjacent to an activating group) is 1. The Morgan fingerprint density at radius 3 is 2.48 bits per heavy atom. The van der Waals surface area contributed by atoms with Crippen LogP contribution in [0, 0.1) is 13.8 Å². The number of rotatable bonds is 4. The number of carbonyl (C=O) groups excluding carboxylic acids is 1. The van der Waals surface area contributed by atoms with Crippen LogP contribution in [-0.2, 0) is 0 Å². The third-order valence-corrected chi connectivity index (χ3v) is 5.05. The average Bonchev–Trinajstić information content (AvgIpc) is 2.63. The second kappa shape index (κ2) is 8.05. The first-order valence-electron chi connectivity index (χ1n) is 9.55. The van der Waals surface area contributed by atoms with E-state index in [0.29, 0.717) is 17.4 Å². The minimum atomic E-state index is -0.188. The van der Waals surface area contributed by atoms with E-state index in [1.54, 1.807) is 6.07 Å². The number of nitrogens with one attached hydrogen (secondary N) is 1. The Hall–Kier alpha value is -2.47. The average molecular weight is 367 g/mol. The lowest BCUT2D eigenvalue weighted by atomic mass is 9.98. The van der Waals surface area contributed by atoms with Gasteiger partial charge in [0.05, 0.1) is 0 Å². The molecule has 1 saturated heterocycles. The topological polar surface area (TPSA) is 61.4 Å². The van der Waals surface area contributed by atoms with Crippen molar-refractivity contribution < 1.29 is 4.79 Å². The van der Waals surface area contributed by atoms with Gasteiger partial charge in [-0.15, -0.1) is 0 Å². The molecule has 1 aromatic carbocycles. The fraction of sp³-hybridized carbons (Fsp3) is 0.476. The minimum Gasteiger partial charge on any atom is -0.354 e. The van der Waals surface area contributed by atoms with E-state index < -0.39 is 0 Å². The van der Waals surface area contributed by atoms with Gasteiger partial charge in [0, 0.05) is 37.9 Å². The monoisotopic (exact) mass is 367 g/mol. The zero-order valence-corrected chi connectivity index (χ0v) is 16.9. The van der Waals surface area contributed by atoms with E-state index in [0.717, 1.165) is 48.8 Å². The summed E-state index contributed by atoms with van der Waals surface area (Å²) in [5.74, 6) is 1.58. The van der Waals surface area contributed by atoms with Gasteiger partial charge in [-0.3, -0.25) is 4.79 Å². The van der Waals surface area contributed by atoms with Crippen LogP contribution >= 0.6 is 0 Å². The summed E-state index contributed by atoms with van der Waals surface area (Å²) in [6.07, 6.45) is 0. The lowest BCUT2D eigenvalue weighted by Gasteiger charge is -2.33. The van der Waals surface area contributed by atoms with Crippen LogP contribution in [-0.4, -0.2) is 54.0 Å². The van der Waals surface area contributed by atoms with Crippen LogP contribution in [0.15, 0.2) is 24.3 Å². The third-order valence-electron chi connectivity index (χ3n) is 5.05. The first kappa shape index (κ1) is 19.3. The number of aromatic nitrogens is 2. The first-order valence-corrected chi connectivity index (χ1v) is 9.55. The number of amides is 1. The van der Waals surface area contributed by atoms with Crippen LogP contribution in [0.4, 0.5) is 11.5 Å². The lowest BCUT2D eigenvalue weighted by Crippen LogP contribution is -2.45. The predicted molar refractivity (Wildman–Crippen MR) is 110 cm³/mol. The highest BCUT2D eigenvalue weighted by Gasteiger charge is 2.19. The zero-order valence-electron chi connectivity index (χ0n) is 16.9. The molecule has 0 spiro atoms. The molecule has 1 aliphatic heterocycles. The maximum atomic E-state index is 13.0. The molecule has 1 aliphatic rings. The maximum absolute atomic E-state index is 13.0. The van der Waals surface area contributed by atoms with E-state index >= 15 is 0 Å². The molecule has 6 nitrogen and oxygen atoms in total. The summed E-state index contributed by atoms with van der Waals surface area (Å²) in [4.78, 5) is 26.4. The molecule has 0 atom stereocenters. The smallest absolute Gasteiger partial charge is 0.274 e. The highest BCUT2D eigenvalue weighted by atomic mass is 16.1. The van der Waals surface area contributed by atoms with Crippen molar-refractivity contribution in [1.29, 1.82) is 0 Å². The van der Waals surface area contributed by atoms with Gasteiger partial charge in [-0.2, -0.15) is 0 Å². The quantitative estimate of drug-likeness (QED) is 0.899. The molecule has 3 rings (SSSR count). The summed E-state index contributed by atoms with van der Waals surface area (Å²) in [7, 11) is 2.12. The van der Waals surface area contributed by atoms with Crippen molar-refractivity contribution in [3.63, 3.8) is 0 Å². The van der Waals surface area contributed by atoms with Crippen molar-refractivity contribution >= 4 is 17.4 Å². The molecule has 0 bridgehead atoms. The molecule has 0 unspecified atom stereocenters. The summed E-state index contributed by atoms with van der Waals surface area (Å²) >= 11 is 0. The summed E-state index contributed by atoms with van der Waals surface area (Å²) in [6, 6.07) is 7.91. The van der Waals surface area contributed by atoms with Gasteiger partial charge in [0.25, 0.3) is 5.91 Å². The number of hydrogen-bond donors (Lipinski definition) is 1. The number of para-hydroxylation sites is 1. The van der Waals surface area contributed by atoms with Crippen molar-refractivity contribution in [3.05, 3.63) is 46.9 Å². The van der Waals surface area contributed by atoms with E-state index in [1.807, 2.05) is 26.0 Å². The minimum absolute atomic E-state index is 0.188. The van der Waals surface area contributed by atoms with Crippen LogP contribution < -0.4 is 10.2 Å². The molecule has 0 aliphatic carbocycles. The summed E-state index contributed by atoms with van der Waals surface area (Å²) in [6.45, 7) is 11.9. The second-order valence-corrected chi connectivity index (χ2v) is 7.60. The molecule has 1 fully saturated rings. The molecule has 0 saturated carbocycles. The van der Waals surface area contributed by atoms with Crippen LogP contribution in [0.1, 0.15) is 47.2 Å². The van der Waals surface area contributed by atoms with Gasteiger partial charge in [0.2, 0.25) is 0 Å². The van der Waals surface area contributed by atoms with Crippen LogP contribution in [0.25, 0.3) is 0 Å². The van der Waals surface area contributed by atoms with Gasteiger partial charge in [-0.25, -0.2) is 9.97 Å². The van der Waals surface area contributed by atoms with Crippen molar-refractivity contribution in [1.82, 2.24) is 14.9 Å². The Balaban J connectivity index is 1.86. The van der Waals surface area contributed by atoms with E-state index in [-0.39, 0.29) is 5.91 Å². The van der Waals surface area contributed by atoms with E-state index in [9.17, 15) is 4.79 Å². The number of benzene rings is 1. The summed E-state index contributed by atoms with van der Waals surface area (Å²) in [5, 5.41) is 3.08. The van der Waals surface area contributed by atoms with Crippen LogP contribution in [0.2, 0.25) is 0 Å². The largest absolute Gasteiger partial charge is 0.354 e. The number of piperazine rings is 1. The molecule has 0 radical (unpaired) electrons. The zero-order chi connectivity index (χ0) is 19.6. The normalized spacial score (nSPS) is 15.3.